The lowest BCUT2D eigenvalue weighted by atomic mass is 10.4. The van der Waals surface area contributed by atoms with E-state index in [0.717, 1.165) is 11.6 Å². The molecule has 0 saturated carbocycles. The molecule has 0 spiro atoms. The summed E-state index contributed by atoms with van der Waals surface area (Å²) >= 11 is 0. The topological polar surface area (TPSA) is 55.6 Å². The largest absolute Gasteiger partial charge is 0.373 e. The number of hydrogen-bond acceptors (Lipinski definition) is 4. The van der Waals surface area contributed by atoms with Gasteiger partial charge in [0.05, 0.1) is 0 Å². The molecule has 0 amide bonds. The van der Waals surface area contributed by atoms with Crippen molar-refractivity contribution in [2.45, 2.75) is 0 Å². The number of aromatic nitrogens is 4. The summed E-state index contributed by atoms with van der Waals surface area (Å²) in [7, 11) is 1.83. The molecule has 2 rings (SSSR count). The lowest BCUT2D eigenvalue weighted by Gasteiger charge is -2.01. The predicted molar refractivity (Wildman–Crippen MR) is 48.7 cm³/mol. The minimum Gasteiger partial charge on any atom is -0.373 e. The third kappa shape index (κ3) is 1.48. The number of anilines is 1. The van der Waals surface area contributed by atoms with Gasteiger partial charge in [0.15, 0.2) is 5.82 Å². The molecule has 0 aliphatic carbocycles. The van der Waals surface area contributed by atoms with E-state index in [1.165, 1.54) is 6.33 Å². The Bertz CT molecular complexity index is 381. The smallest absolute Gasteiger partial charge is 0.157 e. The number of pyridine rings is 1. The highest BCUT2D eigenvalue weighted by molar-refractivity contribution is 5.38. The zero-order valence-electron chi connectivity index (χ0n) is 7.18. The van der Waals surface area contributed by atoms with E-state index in [0.29, 0.717) is 0 Å². The fraction of sp³-hybridized carbons (Fsp3) is 0.125. The second-order valence-electron chi connectivity index (χ2n) is 2.47. The molecule has 0 unspecified atom stereocenters. The van der Waals surface area contributed by atoms with Crippen LogP contribution in [0.2, 0.25) is 0 Å². The summed E-state index contributed by atoms with van der Waals surface area (Å²) in [6.07, 6.45) is 3.09. The summed E-state index contributed by atoms with van der Waals surface area (Å²) in [6.45, 7) is 0. The molecule has 5 heteroatoms. The quantitative estimate of drug-likeness (QED) is 0.730. The Balaban J connectivity index is 2.41. The molecule has 1 N–H and O–H groups in total. The molecule has 0 fully saturated rings. The van der Waals surface area contributed by atoms with Crippen LogP contribution in [0.25, 0.3) is 5.82 Å². The summed E-state index contributed by atoms with van der Waals surface area (Å²) in [5.41, 5.74) is 0. The highest BCUT2D eigenvalue weighted by Crippen LogP contribution is 2.06. The Morgan fingerprint density at radius 3 is 3.00 bits per heavy atom. The Morgan fingerprint density at radius 1 is 1.38 bits per heavy atom. The highest BCUT2D eigenvalue weighted by atomic mass is 15.3. The van der Waals surface area contributed by atoms with Crippen LogP contribution in [0.3, 0.4) is 0 Å². The molecule has 0 radical (unpaired) electrons. The number of hydrogen-bond donors (Lipinski definition) is 1. The maximum absolute atomic E-state index is 4.28. The molecule has 66 valence electrons. The van der Waals surface area contributed by atoms with Crippen molar-refractivity contribution in [1.82, 2.24) is 19.7 Å². The normalized spacial score (nSPS) is 9.92. The summed E-state index contributed by atoms with van der Waals surface area (Å²) in [5.74, 6) is 1.57. The van der Waals surface area contributed by atoms with Gasteiger partial charge >= 0.3 is 0 Å². The van der Waals surface area contributed by atoms with Gasteiger partial charge in [-0.1, -0.05) is 6.07 Å². The monoisotopic (exact) mass is 175 g/mol. The van der Waals surface area contributed by atoms with Crippen LogP contribution in [-0.2, 0) is 0 Å². The van der Waals surface area contributed by atoms with Crippen molar-refractivity contribution in [2.24, 2.45) is 0 Å². The van der Waals surface area contributed by atoms with E-state index in [4.69, 9.17) is 0 Å². The third-order valence-corrected chi connectivity index (χ3v) is 1.64. The SMILES string of the molecule is CNc1cccc(-n2cncn2)n1. The second-order valence-corrected chi connectivity index (χ2v) is 2.47. The lowest BCUT2D eigenvalue weighted by molar-refractivity contribution is 0.846. The molecule has 13 heavy (non-hydrogen) atoms. The van der Waals surface area contributed by atoms with E-state index >= 15 is 0 Å². The predicted octanol–water partition coefficient (Wildman–Crippen LogP) is 0.704. The molecule has 0 aliphatic rings. The molecule has 2 aromatic rings. The minimum atomic E-state index is 0.754. The first kappa shape index (κ1) is 7.72. The summed E-state index contributed by atoms with van der Waals surface area (Å²) in [4.78, 5) is 8.13. The van der Waals surface area contributed by atoms with Gasteiger partial charge in [0.25, 0.3) is 0 Å². The van der Waals surface area contributed by atoms with Gasteiger partial charge in [-0.15, -0.1) is 0 Å². The van der Waals surface area contributed by atoms with Crippen LogP contribution in [0, 0.1) is 0 Å². The molecule has 2 heterocycles. The van der Waals surface area contributed by atoms with E-state index in [1.807, 2.05) is 25.2 Å². The fourth-order valence-corrected chi connectivity index (χ4v) is 1.02. The van der Waals surface area contributed by atoms with Crippen molar-refractivity contribution in [3.8, 4) is 5.82 Å². The van der Waals surface area contributed by atoms with Gasteiger partial charge in [0.2, 0.25) is 0 Å². The van der Waals surface area contributed by atoms with Gasteiger partial charge in [0.1, 0.15) is 18.5 Å². The van der Waals surface area contributed by atoms with Crippen LogP contribution in [-0.4, -0.2) is 26.8 Å². The van der Waals surface area contributed by atoms with Crippen molar-refractivity contribution >= 4 is 5.82 Å². The Kier molecular flexibility index (Phi) is 1.91. The van der Waals surface area contributed by atoms with Gasteiger partial charge in [-0.25, -0.2) is 14.6 Å². The Morgan fingerprint density at radius 2 is 2.31 bits per heavy atom. The third-order valence-electron chi connectivity index (χ3n) is 1.64. The van der Waals surface area contributed by atoms with Crippen LogP contribution >= 0.6 is 0 Å². The van der Waals surface area contributed by atoms with Crippen LogP contribution in [0.15, 0.2) is 30.9 Å². The van der Waals surface area contributed by atoms with Gasteiger partial charge in [0, 0.05) is 7.05 Å². The standard InChI is InChI=1S/C8H9N5/c1-9-7-3-2-4-8(12-7)13-6-10-5-11-13/h2-6H,1H3,(H,9,12). The molecule has 0 aliphatic heterocycles. The lowest BCUT2D eigenvalue weighted by Crippen LogP contribution is -2.00. The van der Waals surface area contributed by atoms with Crippen molar-refractivity contribution < 1.29 is 0 Å². The molecular formula is C8H9N5. The van der Waals surface area contributed by atoms with Crippen LogP contribution < -0.4 is 5.32 Å². The van der Waals surface area contributed by atoms with Crippen molar-refractivity contribution in [3.05, 3.63) is 30.9 Å². The molecule has 0 bridgehead atoms. The number of nitrogens with one attached hydrogen (secondary N) is 1. The summed E-state index contributed by atoms with van der Waals surface area (Å²) < 4.78 is 1.61. The van der Waals surface area contributed by atoms with Gasteiger partial charge in [-0.3, -0.25) is 0 Å². The first-order chi connectivity index (χ1) is 6.40. The zero-order chi connectivity index (χ0) is 9.10. The van der Waals surface area contributed by atoms with Crippen molar-refractivity contribution in [1.29, 1.82) is 0 Å². The van der Waals surface area contributed by atoms with Crippen LogP contribution in [0.5, 0.6) is 0 Å². The molecule has 5 nitrogen and oxygen atoms in total. The van der Waals surface area contributed by atoms with E-state index in [2.05, 4.69) is 20.4 Å². The first-order valence-corrected chi connectivity index (χ1v) is 3.90. The van der Waals surface area contributed by atoms with E-state index in [9.17, 15) is 0 Å². The summed E-state index contributed by atoms with van der Waals surface area (Å²) in [6, 6.07) is 5.67. The zero-order valence-corrected chi connectivity index (χ0v) is 7.18. The number of rotatable bonds is 2. The minimum absolute atomic E-state index is 0.754. The first-order valence-electron chi connectivity index (χ1n) is 3.90. The molecule has 0 aromatic carbocycles. The average molecular weight is 175 g/mol. The van der Waals surface area contributed by atoms with Gasteiger partial charge in [-0.2, -0.15) is 5.10 Å². The van der Waals surface area contributed by atoms with Gasteiger partial charge in [-0.05, 0) is 12.1 Å². The van der Waals surface area contributed by atoms with E-state index in [-0.39, 0.29) is 0 Å². The van der Waals surface area contributed by atoms with E-state index in [1.54, 1.807) is 11.0 Å². The average Bonchev–Trinajstić information content (AvgIpc) is 2.71. The number of nitrogens with zero attached hydrogens (tertiary/aromatic N) is 4. The highest BCUT2D eigenvalue weighted by Gasteiger charge is 1.97. The molecule has 0 atom stereocenters. The summed E-state index contributed by atoms with van der Waals surface area (Å²) in [5, 5.41) is 6.93. The molecule has 0 saturated heterocycles. The Hall–Kier alpha value is -1.91. The van der Waals surface area contributed by atoms with Gasteiger partial charge < -0.3 is 5.32 Å². The fourth-order valence-electron chi connectivity index (χ4n) is 1.02. The van der Waals surface area contributed by atoms with Crippen LogP contribution in [0.4, 0.5) is 5.82 Å². The van der Waals surface area contributed by atoms with E-state index < -0.39 is 0 Å². The molecule has 2 aromatic heterocycles. The van der Waals surface area contributed by atoms with Crippen molar-refractivity contribution in [2.75, 3.05) is 12.4 Å². The maximum atomic E-state index is 4.28. The maximum Gasteiger partial charge on any atom is 0.157 e. The van der Waals surface area contributed by atoms with Crippen molar-refractivity contribution in [3.63, 3.8) is 0 Å². The molecular weight excluding hydrogens is 166 g/mol. The second kappa shape index (κ2) is 3.22. The Labute approximate surface area is 75.4 Å². The van der Waals surface area contributed by atoms with Crippen LogP contribution in [0.1, 0.15) is 0 Å².